The van der Waals surface area contributed by atoms with Crippen molar-refractivity contribution < 1.29 is 22.7 Å². The van der Waals surface area contributed by atoms with E-state index in [2.05, 4.69) is 10.1 Å². The number of ether oxygens (including phenoxy) is 1. The minimum atomic E-state index is -3.67. The number of anilines is 2. The fourth-order valence-electron chi connectivity index (χ4n) is 2.80. The minimum Gasteiger partial charge on any atom is -0.469 e. The number of carbonyl (C=O) groups excluding carboxylic acids is 2. The van der Waals surface area contributed by atoms with E-state index in [4.69, 9.17) is 0 Å². The molecular formula is C18H18N2O5S. The summed E-state index contributed by atoms with van der Waals surface area (Å²) in [5, 5.41) is 2.52. The highest BCUT2D eigenvalue weighted by Crippen LogP contribution is 2.32. The monoisotopic (exact) mass is 374 g/mol. The molecule has 26 heavy (non-hydrogen) atoms. The molecule has 0 unspecified atom stereocenters. The second-order valence-corrected chi connectivity index (χ2v) is 7.64. The fraction of sp³-hybridized carbons (Fsp3) is 0.222. The topological polar surface area (TPSA) is 92.8 Å². The Morgan fingerprint density at radius 1 is 1.12 bits per heavy atom. The Morgan fingerprint density at radius 3 is 2.50 bits per heavy atom. The number of benzene rings is 2. The van der Waals surface area contributed by atoms with E-state index in [1.165, 1.54) is 35.7 Å². The van der Waals surface area contributed by atoms with Gasteiger partial charge in [-0.3, -0.25) is 13.9 Å². The molecule has 1 heterocycles. The van der Waals surface area contributed by atoms with Crippen LogP contribution in [0.15, 0.2) is 53.4 Å². The van der Waals surface area contributed by atoms with Crippen LogP contribution in [0.3, 0.4) is 0 Å². The van der Waals surface area contributed by atoms with Crippen molar-refractivity contribution in [3.63, 3.8) is 0 Å². The van der Waals surface area contributed by atoms with Gasteiger partial charge in [-0.2, -0.15) is 0 Å². The first kappa shape index (κ1) is 17.9. The van der Waals surface area contributed by atoms with E-state index in [9.17, 15) is 18.0 Å². The minimum absolute atomic E-state index is 0.139. The summed E-state index contributed by atoms with van der Waals surface area (Å²) < 4.78 is 31.6. The molecular weight excluding hydrogens is 356 g/mol. The molecule has 2 aromatic rings. The molecule has 0 atom stereocenters. The van der Waals surface area contributed by atoms with Crippen LogP contribution in [0.1, 0.15) is 12.0 Å². The molecule has 1 N–H and O–H groups in total. The van der Waals surface area contributed by atoms with Gasteiger partial charge in [-0.15, -0.1) is 0 Å². The van der Waals surface area contributed by atoms with Crippen molar-refractivity contribution in [2.75, 3.05) is 23.3 Å². The fourth-order valence-corrected chi connectivity index (χ4v) is 4.31. The van der Waals surface area contributed by atoms with Gasteiger partial charge in [0, 0.05) is 12.2 Å². The van der Waals surface area contributed by atoms with Gasteiger partial charge >= 0.3 is 5.97 Å². The van der Waals surface area contributed by atoms with Crippen molar-refractivity contribution in [3.8, 4) is 0 Å². The van der Waals surface area contributed by atoms with Crippen LogP contribution in [-0.2, 0) is 30.8 Å². The highest BCUT2D eigenvalue weighted by Gasteiger charge is 2.30. The molecule has 1 amide bonds. The lowest BCUT2D eigenvalue weighted by atomic mass is 10.2. The molecule has 0 aromatic heterocycles. The van der Waals surface area contributed by atoms with Crippen molar-refractivity contribution in [3.05, 3.63) is 54.1 Å². The number of methoxy groups -OCH3 is 1. The Morgan fingerprint density at radius 2 is 1.81 bits per heavy atom. The number of carbonyl (C=O) groups is 2. The van der Waals surface area contributed by atoms with E-state index >= 15 is 0 Å². The largest absolute Gasteiger partial charge is 0.469 e. The van der Waals surface area contributed by atoms with Crippen LogP contribution in [0.4, 0.5) is 11.4 Å². The summed E-state index contributed by atoms with van der Waals surface area (Å²) in [6.45, 7) is 0.402. The zero-order chi connectivity index (χ0) is 18.7. The van der Waals surface area contributed by atoms with Crippen LogP contribution < -0.4 is 9.62 Å². The van der Waals surface area contributed by atoms with Gasteiger partial charge in [0.25, 0.3) is 10.0 Å². The van der Waals surface area contributed by atoms with Gasteiger partial charge in [0.2, 0.25) is 5.91 Å². The Bertz CT molecular complexity index is 938. The molecule has 8 heteroatoms. The SMILES string of the molecule is COC(=O)CC(=O)Nc1ccc(S(=O)(=O)N2CCc3ccccc32)cc1. The first-order valence-electron chi connectivity index (χ1n) is 7.99. The summed E-state index contributed by atoms with van der Waals surface area (Å²) in [4.78, 5) is 22.9. The van der Waals surface area contributed by atoms with Crippen LogP contribution in [0, 0.1) is 0 Å². The molecule has 1 aliphatic heterocycles. The molecule has 0 bridgehead atoms. The highest BCUT2D eigenvalue weighted by atomic mass is 32.2. The maximum Gasteiger partial charge on any atom is 0.315 e. The van der Waals surface area contributed by atoms with E-state index in [1.54, 1.807) is 6.07 Å². The van der Waals surface area contributed by atoms with Gasteiger partial charge in [-0.05, 0) is 42.3 Å². The number of sulfonamides is 1. The van der Waals surface area contributed by atoms with Crippen LogP contribution in [-0.4, -0.2) is 33.9 Å². The van der Waals surface area contributed by atoms with E-state index in [-0.39, 0.29) is 4.90 Å². The predicted molar refractivity (Wildman–Crippen MR) is 96.4 cm³/mol. The summed E-state index contributed by atoms with van der Waals surface area (Å²) in [7, 11) is -2.47. The van der Waals surface area contributed by atoms with Gasteiger partial charge in [0.15, 0.2) is 0 Å². The first-order valence-corrected chi connectivity index (χ1v) is 9.43. The molecule has 136 valence electrons. The van der Waals surface area contributed by atoms with Crippen molar-refractivity contribution in [1.82, 2.24) is 0 Å². The molecule has 0 fully saturated rings. The van der Waals surface area contributed by atoms with E-state index in [0.29, 0.717) is 24.3 Å². The Kier molecular flexibility index (Phi) is 4.94. The van der Waals surface area contributed by atoms with Crippen LogP contribution >= 0.6 is 0 Å². The number of esters is 1. The Hall–Kier alpha value is -2.87. The quantitative estimate of drug-likeness (QED) is 0.638. The third-order valence-electron chi connectivity index (χ3n) is 4.10. The molecule has 0 spiro atoms. The number of fused-ring (bicyclic) bond motifs is 1. The second-order valence-electron chi connectivity index (χ2n) is 5.78. The summed E-state index contributed by atoms with van der Waals surface area (Å²) in [5.74, 6) is -1.17. The maximum absolute atomic E-state index is 12.9. The maximum atomic E-state index is 12.9. The molecule has 1 aliphatic rings. The normalized spacial score (nSPS) is 13.2. The summed E-state index contributed by atoms with van der Waals surface area (Å²) in [5.41, 5.74) is 2.10. The third kappa shape index (κ3) is 3.55. The average Bonchev–Trinajstić information content (AvgIpc) is 3.07. The van der Waals surface area contributed by atoms with E-state index in [1.807, 2.05) is 18.2 Å². The summed E-state index contributed by atoms with van der Waals surface area (Å²) in [6.07, 6.45) is 0.276. The predicted octanol–water partition coefficient (Wildman–Crippen LogP) is 1.94. The molecule has 0 saturated heterocycles. The van der Waals surface area contributed by atoms with Gasteiger partial charge < -0.3 is 10.1 Å². The van der Waals surface area contributed by atoms with Crippen LogP contribution in [0.2, 0.25) is 0 Å². The lowest BCUT2D eigenvalue weighted by Gasteiger charge is -2.19. The summed E-state index contributed by atoms with van der Waals surface area (Å²) in [6, 6.07) is 13.3. The van der Waals surface area contributed by atoms with Gasteiger partial charge in [0.05, 0.1) is 17.7 Å². The zero-order valence-electron chi connectivity index (χ0n) is 14.1. The molecule has 0 aliphatic carbocycles. The number of hydrogen-bond acceptors (Lipinski definition) is 5. The number of nitrogens with zero attached hydrogens (tertiary/aromatic N) is 1. The number of amides is 1. The third-order valence-corrected chi connectivity index (χ3v) is 5.93. The average molecular weight is 374 g/mol. The van der Waals surface area contributed by atoms with Crippen molar-refractivity contribution in [1.29, 1.82) is 0 Å². The molecule has 7 nitrogen and oxygen atoms in total. The number of nitrogens with one attached hydrogen (secondary N) is 1. The lowest BCUT2D eigenvalue weighted by Crippen LogP contribution is -2.29. The molecule has 0 saturated carbocycles. The number of rotatable bonds is 5. The van der Waals surface area contributed by atoms with Gasteiger partial charge in [-0.1, -0.05) is 18.2 Å². The molecule has 0 radical (unpaired) electrons. The lowest BCUT2D eigenvalue weighted by molar-refractivity contribution is -0.142. The first-order chi connectivity index (χ1) is 12.4. The van der Waals surface area contributed by atoms with Crippen molar-refractivity contribution in [2.24, 2.45) is 0 Å². The molecule has 2 aromatic carbocycles. The molecule has 3 rings (SSSR count). The van der Waals surface area contributed by atoms with Crippen LogP contribution in [0.25, 0.3) is 0 Å². The smallest absolute Gasteiger partial charge is 0.315 e. The standard InChI is InChI=1S/C18H18N2O5S/c1-25-18(22)12-17(21)19-14-6-8-15(9-7-14)26(23,24)20-11-10-13-4-2-3-5-16(13)20/h2-9H,10-12H2,1H3,(H,19,21). The second kappa shape index (κ2) is 7.17. The van der Waals surface area contributed by atoms with Crippen LogP contribution in [0.5, 0.6) is 0 Å². The van der Waals surface area contributed by atoms with Gasteiger partial charge in [0.1, 0.15) is 6.42 Å². The Balaban J connectivity index is 1.76. The Labute approximate surface area is 151 Å². The summed E-state index contributed by atoms with van der Waals surface area (Å²) >= 11 is 0. The number of para-hydroxylation sites is 1. The van der Waals surface area contributed by atoms with Gasteiger partial charge in [-0.25, -0.2) is 8.42 Å². The number of hydrogen-bond donors (Lipinski definition) is 1. The van der Waals surface area contributed by atoms with E-state index < -0.39 is 28.3 Å². The van der Waals surface area contributed by atoms with Crippen molar-refractivity contribution >= 4 is 33.3 Å². The highest BCUT2D eigenvalue weighted by molar-refractivity contribution is 7.92. The van der Waals surface area contributed by atoms with Crippen molar-refractivity contribution in [2.45, 2.75) is 17.7 Å². The zero-order valence-corrected chi connectivity index (χ0v) is 15.0. The van der Waals surface area contributed by atoms with E-state index in [0.717, 1.165) is 5.56 Å².